The summed E-state index contributed by atoms with van der Waals surface area (Å²) in [6.07, 6.45) is -0.649. The van der Waals surface area contributed by atoms with Crippen LogP contribution in [0.15, 0.2) is 54.6 Å². The van der Waals surface area contributed by atoms with Crippen molar-refractivity contribution in [1.82, 2.24) is 5.32 Å². The first-order chi connectivity index (χ1) is 17.3. The van der Waals surface area contributed by atoms with Gasteiger partial charge in [0, 0.05) is 18.2 Å². The number of carboxylic acid groups (broad SMARTS) is 1. The third-order valence-electron chi connectivity index (χ3n) is 6.52. The van der Waals surface area contributed by atoms with Crippen LogP contribution in [-0.4, -0.2) is 43.4 Å². The molecule has 3 aromatic rings. The van der Waals surface area contributed by atoms with Gasteiger partial charge in [-0.1, -0.05) is 48.5 Å². The number of rotatable bonds is 8. The van der Waals surface area contributed by atoms with E-state index < -0.39 is 18.0 Å². The zero-order chi connectivity index (χ0) is 25.8. The van der Waals surface area contributed by atoms with E-state index in [1.54, 1.807) is 19.9 Å². The molecule has 8 nitrogen and oxygen atoms in total. The molecule has 186 valence electrons. The van der Waals surface area contributed by atoms with E-state index in [0.717, 1.165) is 22.3 Å². The smallest absolute Gasteiger partial charge is 0.411 e. The lowest BCUT2D eigenvalue weighted by Gasteiger charge is -2.19. The van der Waals surface area contributed by atoms with Gasteiger partial charge < -0.3 is 19.9 Å². The second kappa shape index (κ2) is 10.6. The fourth-order valence-electron chi connectivity index (χ4n) is 4.74. The van der Waals surface area contributed by atoms with Gasteiger partial charge in [0.15, 0.2) is 0 Å². The molecule has 0 saturated carbocycles. The van der Waals surface area contributed by atoms with Crippen molar-refractivity contribution in [2.45, 2.75) is 26.3 Å². The van der Waals surface area contributed by atoms with E-state index in [9.17, 15) is 14.4 Å². The zero-order valence-corrected chi connectivity index (χ0v) is 20.4. The van der Waals surface area contributed by atoms with E-state index in [1.165, 1.54) is 7.11 Å². The average molecular weight is 489 g/mol. The lowest BCUT2D eigenvalue weighted by Crippen LogP contribution is -2.24. The Balaban J connectivity index is 1.54. The van der Waals surface area contributed by atoms with Crippen molar-refractivity contribution in [2.75, 3.05) is 25.6 Å². The van der Waals surface area contributed by atoms with E-state index in [2.05, 4.69) is 22.8 Å². The Morgan fingerprint density at radius 3 is 2.14 bits per heavy atom. The molecule has 4 rings (SSSR count). The van der Waals surface area contributed by atoms with Crippen molar-refractivity contribution in [3.05, 3.63) is 88.0 Å². The Bertz CT molecular complexity index is 1290. The number of benzene rings is 3. The second-order valence-corrected chi connectivity index (χ2v) is 8.65. The Kier molecular flexibility index (Phi) is 7.36. The third kappa shape index (κ3) is 4.94. The largest absolute Gasteiger partial charge is 0.480 e. The summed E-state index contributed by atoms with van der Waals surface area (Å²) in [5, 5.41) is 14.5. The van der Waals surface area contributed by atoms with Gasteiger partial charge in [-0.25, -0.2) is 9.59 Å². The number of hydrogen-bond acceptors (Lipinski definition) is 6. The van der Waals surface area contributed by atoms with Gasteiger partial charge in [0.25, 0.3) is 0 Å². The molecule has 8 heteroatoms. The predicted octanol–water partition coefficient (Wildman–Crippen LogP) is 4.63. The minimum Gasteiger partial charge on any atom is -0.480 e. The molecule has 0 radical (unpaired) electrons. The molecule has 0 spiro atoms. The van der Waals surface area contributed by atoms with E-state index >= 15 is 0 Å². The maximum atomic E-state index is 12.9. The van der Waals surface area contributed by atoms with Crippen LogP contribution in [0.25, 0.3) is 11.1 Å². The normalized spacial score (nSPS) is 12.0. The lowest BCUT2D eigenvalue weighted by molar-refractivity contribution is -0.136. The Morgan fingerprint density at radius 1 is 0.944 bits per heavy atom. The van der Waals surface area contributed by atoms with Gasteiger partial charge in [-0.3, -0.25) is 10.1 Å². The molecule has 0 bridgehead atoms. The minimum absolute atomic E-state index is 0.0799. The number of carbonyl (C=O) groups excluding carboxylic acids is 2. The first-order valence-electron chi connectivity index (χ1n) is 11.6. The highest BCUT2D eigenvalue weighted by Gasteiger charge is 2.29. The van der Waals surface area contributed by atoms with Gasteiger partial charge >= 0.3 is 18.0 Å². The van der Waals surface area contributed by atoms with Crippen LogP contribution in [-0.2, 0) is 20.8 Å². The van der Waals surface area contributed by atoms with Crippen LogP contribution in [0.1, 0.15) is 44.1 Å². The Labute approximate surface area is 209 Å². The SMILES string of the molecule is COC(=O)c1c(C)c(CNCC(=O)O)cc(NC(=O)OCC2c3ccccc3-c3ccccc32)c1C. The minimum atomic E-state index is -0.995. The van der Waals surface area contributed by atoms with Crippen LogP contribution >= 0.6 is 0 Å². The summed E-state index contributed by atoms with van der Waals surface area (Å²) in [5.74, 6) is -1.62. The molecule has 0 fully saturated rings. The fourth-order valence-corrected chi connectivity index (χ4v) is 4.74. The average Bonchev–Trinajstić information content (AvgIpc) is 3.19. The fraction of sp³-hybridized carbons (Fsp3) is 0.250. The summed E-state index contributed by atoms with van der Waals surface area (Å²) >= 11 is 0. The molecule has 0 heterocycles. The Hall–Kier alpha value is -4.17. The number of aliphatic carboxylic acids is 1. The first kappa shape index (κ1) is 24.9. The van der Waals surface area contributed by atoms with Gasteiger partial charge in [0.2, 0.25) is 0 Å². The molecule has 1 aliphatic rings. The van der Waals surface area contributed by atoms with Crippen molar-refractivity contribution in [3.63, 3.8) is 0 Å². The summed E-state index contributed by atoms with van der Waals surface area (Å²) in [4.78, 5) is 36.2. The summed E-state index contributed by atoms with van der Waals surface area (Å²) in [6.45, 7) is 3.58. The maximum absolute atomic E-state index is 12.9. The summed E-state index contributed by atoms with van der Waals surface area (Å²) < 4.78 is 10.6. The summed E-state index contributed by atoms with van der Waals surface area (Å²) in [7, 11) is 1.29. The molecule has 1 aliphatic carbocycles. The van der Waals surface area contributed by atoms with Crippen molar-refractivity contribution in [2.24, 2.45) is 0 Å². The van der Waals surface area contributed by atoms with E-state index in [0.29, 0.717) is 27.9 Å². The second-order valence-electron chi connectivity index (χ2n) is 8.65. The molecule has 1 amide bonds. The van der Waals surface area contributed by atoms with Crippen molar-refractivity contribution < 1.29 is 29.0 Å². The molecule has 3 N–H and O–H groups in total. The number of esters is 1. The zero-order valence-electron chi connectivity index (χ0n) is 20.4. The highest BCUT2D eigenvalue weighted by molar-refractivity contribution is 5.97. The highest BCUT2D eigenvalue weighted by Crippen LogP contribution is 2.44. The van der Waals surface area contributed by atoms with Gasteiger partial charge in [-0.15, -0.1) is 0 Å². The number of anilines is 1. The van der Waals surface area contributed by atoms with Crippen LogP contribution in [0.5, 0.6) is 0 Å². The quantitative estimate of drug-likeness (QED) is 0.396. The lowest BCUT2D eigenvalue weighted by atomic mass is 9.95. The number of methoxy groups -OCH3 is 1. The van der Waals surface area contributed by atoms with E-state index in [1.807, 2.05) is 36.4 Å². The number of nitrogens with one attached hydrogen (secondary N) is 2. The third-order valence-corrected chi connectivity index (χ3v) is 6.52. The number of hydrogen-bond donors (Lipinski definition) is 3. The molecular weight excluding hydrogens is 460 g/mol. The molecular formula is C28H28N2O6. The van der Waals surface area contributed by atoms with E-state index in [-0.39, 0.29) is 25.6 Å². The highest BCUT2D eigenvalue weighted by atomic mass is 16.5. The molecule has 0 aliphatic heterocycles. The number of ether oxygens (including phenoxy) is 2. The number of carbonyl (C=O) groups is 3. The number of fused-ring (bicyclic) bond motifs is 3. The van der Waals surface area contributed by atoms with E-state index in [4.69, 9.17) is 14.6 Å². The molecule has 36 heavy (non-hydrogen) atoms. The standard InChI is InChI=1S/C28H28N2O6/c1-16-18(13-29-14-25(31)32)12-24(17(2)26(16)27(33)35-3)30-28(34)36-15-23-21-10-6-4-8-19(21)20-9-5-7-11-22(20)23/h4-12,23,29H,13-15H2,1-3H3,(H,30,34)(H,31,32). The van der Waals surface area contributed by atoms with Crippen LogP contribution < -0.4 is 10.6 Å². The van der Waals surface area contributed by atoms with Crippen molar-refractivity contribution >= 4 is 23.7 Å². The van der Waals surface area contributed by atoms with Gasteiger partial charge in [0.1, 0.15) is 6.61 Å². The molecule has 0 saturated heterocycles. The molecule has 0 atom stereocenters. The molecule has 0 unspecified atom stereocenters. The summed E-state index contributed by atoms with van der Waals surface area (Å²) in [6, 6.07) is 17.9. The number of carboxylic acids is 1. The van der Waals surface area contributed by atoms with Crippen molar-refractivity contribution in [1.29, 1.82) is 0 Å². The van der Waals surface area contributed by atoms with Crippen LogP contribution in [0, 0.1) is 13.8 Å². The molecule has 3 aromatic carbocycles. The summed E-state index contributed by atoms with van der Waals surface area (Å²) in [5.41, 5.74) is 7.05. The van der Waals surface area contributed by atoms with Crippen LogP contribution in [0.2, 0.25) is 0 Å². The number of amides is 1. The van der Waals surface area contributed by atoms with Crippen LogP contribution in [0.3, 0.4) is 0 Å². The van der Waals surface area contributed by atoms with Gasteiger partial charge in [-0.2, -0.15) is 0 Å². The topological polar surface area (TPSA) is 114 Å². The molecule has 0 aromatic heterocycles. The predicted molar refractivity (Wildman–Crippen MR) is 135 cm³/mol. The Morgan fingerprint density at radius 2 is 1.56 bits per heavy atom. The van der Waals surface area contributed by atoms with Crippen LogP contribution in [0.4, 0.5) is 10.5 Å². The van der Waals surface area contributed by atoms with Gasteiger partial charge in [0.05, 0.1) is 19.2 Å². The van der Waals surface area contributed by atoms with Crippen molar-refractivity contribution in [3.8, 4) is 11.1 Å². The monoisotopic (exact) mass is 488 g/mol. The van der Waals surface area contributed by atoms with Gasteiger partial charge in [-0.05, 0) is 58.9 Å². The first-order valence-corrected chi connectivity index (χ1v) is 11.6. The maximum Gasteiger partial charge on any atom is 0.411 e.